The Morgan fingerprint density at radius 1 is 1.22 bits per heavy atom. The van der Waals surface area contributed by atoms with Gasteiger partial charge in [-0.25, -0.2) is 9.78 Å². The summed E-state index contributed by atoms with van der Waals surface area (Å²) in [5, 5.41) is 5.13. The second-order valence-corrected chi connectivity index (χ2v) is 6.79. The summed E-state index contributed by atoms with van der Waals surface area (Å²) in [5.74, 6) is -0.612. The number of ether oxygens (including phenoxy) is 1. The lowest BCUT2D eigenvalue weighted by Gasteiger charge is -2.08. The number of aryl methyl sites for hydroxylation is 1. The second-order valence-electron chi connectivity index (χ2n) is 5.89. The maximum atomic E-state index is 12.3. The maximum absolute atomic E-state index is 12.3. The fourth-order valence-electron chi connectivity index (χ4n) is 2.47. The van der Waals surface area contributed by atoms with Crippen LogP contribution in [0.15, 0.2) is 46.8 Å². The standard InChI is InChI=1S/C19H19N3O4S/c1-2-10-26-19(25)13-3-5-14(6-4-13)21-16(23)7-9-22-12-20-17-15(18(22)24)8-11-27-17/h3-6,8,11-12H,2,7,9-10H2,1H3,(H,21,23). The first-order valence-electron chi connectivity index (χ1n) is 8.58. The molecule has 0 bridgehead atoms. The van der Waals surface area contributed by atoms with Gasteiger partial charge in [-0.15, -0.1) is 11.3 Å². The fourth-order valence-corrected chi connectivity index (χ4v) is 3.19. The van der Waals surface area contributed by atoms with E-state index in [1.54, 1.807) is 30.3 Å². The summed E-state index contributed by atoms with van der Waals surface area (Å²) in [6, 6.07) is 8.23. The predicted octanol–water partition coefficient (Wildman–Crippen LogP) is 3.05. The SMILES string of the molecule is CCCOC(=O)c1ccc(NC(=O)CCn2cnc3sccc3c2=O)cc1. The molecule has 1 N–H and O–H groups in total. The minimum absolute atomic E-state index is 0.136. The number of nitrogens with one attached hydrogen (secondary N) is 1. The summed E-state index contributed by atoms with van der Waals surface area (Å²) in [6.07, 6.45) is 2.36. The number of carbonyl (C=O) groups excluding carboxylic acids is 2. The molecule has 0 spiro atoms. The molecular weight excluding hydrogens is 366 g/mol. The average Bonchev–Trinajstić information content (AvgIpc) is 3.16. The first-order valence-corrected chi connectivity index (χ1v) is 9.46. The quantitative estimate of drug-likeness (QED) is 0.631. The second kappa shape index (κ2) is 8.59. The molecule has 1 aromatic carbocycles. The number of carbonyl (C=O) groups is 2. The van der Waals surface area contributed by atoms with Crippen LogP contribution in [0.1, 0.15) is 30.1 Å². The van der Waals surface area contributed by atoms with Crippen LogP contribution < -0.4 is 10.9 Å². The van der Waals surface area contributed by atoms with Gasteiger partial charge < -0.3 is 10.1 Å². The van der Waals surface area contributed by atoms with Crippen LogP contribution in [0.2, 0.25) is 0 Å². The van der Waals surface area contributed by atoms with Crippen LogP contribution >= 0.6 is 11.3 Å². The molecular formula is C19H19N3O4S. The number of aromatic nitrogens is 2. The van der Waals surface area contributed by atoms with Gasteiger partial charge in [0.05, 0.1) is 23.9 Å². The molecule has 0 fully saturated rings. The Bertz CT molecular complexity index is 1010. The van der Waals surface area contributed by atoms with Gasteiger partial charge in [-0.1, -0.05) is 6.92 Å². The Kier molecular flexibility index (Phi) is 5.97. The first kappa shape index (κ1) is 18.8. The molecule has 3 rings (SSSR count). The van der Waals surface area contributed by atoms with E-state index >= 15 is 0 Å². The fraction of sp³-hybridized carbons (Fsp3) is 0.263. The zero-order valence-electron chi connectivity index (χ0n) is 14.8. The van der Waals surface area contributed by atoms with Crippen molar-refractivity contribution >= 4 is 39.1 Å². The molecule has 7 nitrogen and oxygen atoms in total. The predicted molar refractivity (Wildman–Crippen MR) is 104 cm³/mol. The minimum Gasteiger partial charge on any atom is -0.462 e. The highest BCUT2D eigenvalue weighted by molar-refractivity contribution is 7.16. The van der Waals surface area contributed by atoms with Crippen molar-refractivity contribution < 1.29 is 14.3 Å². The van der Waals surface area contributed by atoms with Crippen molar-refractivity contribution in [2.24, 2.45) is 0 Å². The zero-order chi connectivity index (χ0) is 19.2. The number of anilines is 1. The molecule has 0 saturated carbocycles. The van der Waals surface area contributed by atoms with Crippen LogP contribution in [0.25, 0.3) is 10.2 Å². The molecule has 0 aliphatic rings. The molecule has 2 heterocycles. The summed E-state index contributed by atoms with van der Waals surface area (Å²) in [5.41, 5.74) is 0.859. The van der Waals surface area contributed by atoms with Gasteiger partial charge in [0, 0.05) is 18.7 Å². The summed E-state index contributed by atoms with van der Waals surface area (Å²) in [4.78, 5) is 41.1. The first-order chi connectivity index (χ1) is 13.1. The van der Waals surface area contributed by atoms with Gasteiger partial charge >= 0.3 is 5.97 Å². The highest BCUT2D eigenvalue weighted by Gasteiger charge is 2.09. The van der Waals surface area contributed by atoms with Gasteiger partial charge in [0.15, 0.2) is 0 Å². The van der Waals surface area contributed by atoms with Gasteiger partial charge in [0.2, 0.25) is 5.91 Å². The molecule has 2 aromatic heterocycles. The lowest BCUT2D eigenvalue weighted by molar-refractivity contribution is -0.116. The van der Waals surface area contributed by atoms with Crippen molar-refractivity contribution in [1.29, 1.82) is 0 Å². The Morgan fingerprint density at radius 2 is 2.00 bits per heavy atom. The van der Waals surface area contributed by atoms with E-state index in [1.807, 2.05) is 12.3 Å². The van der Waals surface area contributed by atoms with Crippen LogP contribution in [0, 0.1) is 0 Å². The number of amides is 1. The number of benzene rings is 1. The van der Waals surface area contributed by atoms with Crippen LogP contribution in [-0.2, 0) is 16.1 Å². The summed E-state index contributed by atoms with van der Waals surface area (Å²) in [7, 11) is 0. The lowest BCUT2D eigenvalue weighted by Crippen LogP contribution is -2.23. The number of fused-ring (bicyclic) bond motifs is 1. The topological polar surface area (TPSA) is 90.3 Å². The average molecular weight is 385 g/mol. The maximum Gasteiger partial charge on any atom is 0.338 e. The van der Waals surface area contributed by atoms with E-state index in [-0.39, 0.29) is 30.4 Å². The Balaban J connectivity index is 1.56. The van der Waals surface area contributed by atoms with Crippen LogP contribution in [0.4, 0.5) is 5.69 Å². The molecule has 0 atom stereocenters. The van der Waals surface area contributed by atoms with E-state index in [0.29, 0.717) is 28.1 Å². The molecule has 27 heavy (non-hydrogen) atoms. The van der Waals surface area contributed by atoms with Crippen molar-refractivity contribution in [2.45, 2.75) is 26.3 Å². The lowest BCUT2D eigenvalue weighted by atomic mass is 10.2. The largest absolute Gasteiger partial charge is 0.462 e. The monoisotopic (exact) mass is 385 g/mol. The van der Waals surface area contributed by atoms with E-state index in [0.717, 1.165) is 6.42 Å². The number of rotatable bonds is 7. The van der Waals surface area contributed by atoms with E-state index in [4.69, 9.17) is 4.74 Å². The number of thiophene rings is 1. The molecule has 0 radical (unpaired) electrons. The van der Waals surface area contributed by atoms with E-state index in [1.165, 1.54) is 22.2 Å². The van der Waals surface area contributed by atoms with Gasteiger partial charge in [0.1, 0.15) is 4.83 Å². The number of hydrogen-bond acceptors (Lipinski definition) is 6. The summed E-state index contributed by atoms with van der Waals surface area (Å²) < 4.78 is 6.49. The van der Waals surface area contributed by atoms with E-state index in [2.05, 4.69) is 10.3 Å². The number of esters is 1. The van der Waals surface area contributed by atoms with Gasteiger partial charge in [-0.05, 0) is 42.1 Å². The van der Waals surface area contributed by atoms with Gasteiger partial charge in [-0.2, -0.15) is 0 Å². The smallest absolute Gasteiger partial charge is 0.338 e. The molecule has 1 amide bonds. The van der Waals surface area contributed by atoms with Crippen molar-refractivity contribution in [1.82, 2.24) is 9.55 Å². The zero-order valence-corrected chi connectivity index (χ0v) is 15.6. The van der Waals surface area contributed by atoms with Crippen LogP contribution in [0.3, 0.4) is 0 Å². The summed E-state index contributed by atoms with van der Waals surface area (Å²) >= 11 is 1.41. The molecule has 0 aliphatic heterocycles. The van der Waals surface area contributed by atoms with Crippen LogP contribution in [0.5, 0.6) is 0 Å². The Labute approximate surface area is 159 Å². The molecule has 8 heteroatoms. The van der Waals surface area contributed by atoms with Crippen molar-refractivity contribution in [2.75, 3.05) is 11.9 Å². The molecule has 3 aromatic rings. The summed E-state index contributed by atoms with van der Waals surface area (Å²) in [6.45, 7) is 2.54. The minimum atomic E-state index is -0.384. The molecule has 140 valence electrons. The van der Waals surface area contributed by atoms with E-state index < -0.39 is 0 Å². The third kappa shape index (κ3) is 4.59. The van der Waals surface area contributed by atoms with Crippen molar-refractivity contribution in [3.63, 3.8) is 0 Å². The Hall–Kier alpha value is -3.00. The van der Waals surface area contributed by atoms with E-state index in [9.17, 15) is 14.4 Å². The highest BCUT2D eigenvalue weighted by Crippen LogP contribution is 2.14. The third-order valence-electron chi connectivity index (χ3n) is 3.87. The molecule has 0 saturated heterocycles. The number of nitrogens with zero attached hydrogens (tertiary/aromatic N) is 2. The normalized spacial score (nSPS) is 10.7. The highest BCUT2D eigenvalue weighted by atomic mass is 32.1. The van der Waals surface area contributed by atoms with Crippen molar-refractivity contribution in [3.05, 3.63) is 58.0 Å². The molecule has 0 aliphatic carbocycles. The molecule has 0 unspecified atom stereocenters. The third-order valence-corrected chi connectivity index (χ3v) is 4.69. The van der Waals surface area contributed by atoms with Crippen LogP contribution in [-0.4, -0.2) is 28.0 Å². The van der Waals surface area contributed by atoms with Gasteiger partial charge in [-0.3, -0.25) is 14.2 Å². The van der Waals surface area contributed by atoms with Crippen molar-refractivity contribution in [3.8, 4) is 0 Å². The Morgan fingerprint density at radius 3 is 2.74 bits per heavy atom. The van der Waals surface area contributed by atoms with Gasteiger partial charge in [0.25, 0.3) is 5.56 Å². The number of hydrogen-bond donors (Lipinski definition) is 1.